The van der Waals surface area contributed by atoms with Crippen LogP contribution >= 0.6 is 15.9 Å². The second-order valence-electron chi connectivity index (χ2n) is 5.22. The first kappa shape index (κ1) is 16.1. The summed E-state index contributed by atoms with van der Waals surface area (Å²) in [6.45, 7) is 0. The van der Waals surface area contributed by atoms with E-state index in [0.29, 0.717) is 10.0 Å². The molecule has 0 radical (unpaired) electrons. The number of hydrogen-bond donors (Lipinski definition) is 3. The summed E-state index contributed by atoms with van der Waals surface area (Å²) in [6, 6.07) is 21.1. The Morgan fingerprint density at radius 2 is 1.46 bits per heavy atom. The number of phenolic OH excluding ortho intramolecular Hbond substituents is 1. The number of halogens is 1. The van der Waals surface area contributed by atoms with Gasteiger partial charge >= 0.3 is 0 Å². The molecule has 0 fully saturated rings. The molecule has 0 amide bonds. The van der Waals surface area contributed by atoms with Gasteiger partial charge in [-0.25, -0.2) is 0 Å². The minimum Gasteiger partial charge on any atom is -0.506 e. The van der Waals surface area contributed by atoms with E-state index in [0.717, 1.165) is 16.7 Å². The SMILES string of the molecule is NC(=NO)c1c(O)c(Br)cc(-c2ccccc2)c1-c1ccccc1. The van der Waals surface area contributed by atoms with Crippen molar-refractivity contribution >= 4 is 21.8 Å². The zero-order valence-corrected chi connectivity index (χ0v) is 14.2. The lowest BCUT2D eigenvalue weighted by molar-refractivity contribution is 0.318. The molecule has 0 aliphatic carbocycles. The van der Waals surface area contributed by atoms with Crippen LogP contribution in [0.15, 0.2) is 76.4 Å². The standard InChI is InChI=1S/C19H15BrN2O2/c20-15-11-14(12-7-3-1-4-8-12)16(13-9-5-2-6-10-13)17(18(15)23)19(21)22-24/h1-11,23-24H,(H2,21,22). The molecule has 24 heavy (non-hydrogen) atoms. The summed E-state index contributed by atoms with van der Waals surface area (Å²) < 4.78 is 0.475. The predicted octanol–water partition coefficient (Wildman–Crippen LogP) is 4.58. The molecule has 0 saturated carbocycles. The lowest BCUT2D eigenvalue weighted by atomic mass is 9.89. The molecule has 0 saturated heterocycles. The second-order valence-corrected chi connectivity index (χ2v) is 6.08. The lowest BCUT2D eigenvalue weighted by Crippen LogP contribution is -2.15. The number of rotatable bonds is 3. The Bertz CT molecular complexity index is 894. The van der Waals surface area contributed by atoms with Crippen molar-refractivity contribution in [1.82, 2.24) is 0 Å². The van der Waals surface area contributed by atoms with Gasteiger partial charge in [-0.2, -0.15) is 0 Å². The van der Waals surface area contributed by atoms with Gasteiger partial charge < -0.3 is 16.0 Å². The third-order valence-electron chi connectivity index (χ3n) is 3.76. The minimum atomic E-state index is -0.148. The maximum Gasteiger partial charge on any atom is 0.174 e. The van der Waals surface area contributed by atoms with Crippen LogP contribution in [0.3, 0.4) is 0 Å². The Labute approximate surface area is 148 Å². The van der Waals surface area contributed by atoms with Gasteiger partial charge in [0.1, 0.15) is 5.75 Å². The first-order chi connectivity index (χ1) is 11.6. The summed E-state index contributed by atoms with van der Waals surface area (Å²) in [5, 5.41) is 22.8. The maximum atomic E-state index is 10.5. The normalized spacial score (nSPS) is 11.5. The van der Waals surface area contributed by atoms with E-state index < -0.39 is 0 Å². The average Bonchev–Trinajstić information content (AvgIpc) is 2.64. The third-order valence-corrected chi connectivity index (χ3v) is 4.37. The first-order valence-corrected chi connectivity index (χ1v) is 8.07. The van der Waals surface area contributed by atoms with Crippen molar-refractivity contribution < 1.29 is 10.3 Å². The molecule has 4 N–H and O–H groups in total. The van der Waals surface area contributed by atoms with Gasteiger partial charge in [0.05, 0.1) is 10.0 Å². The van der Waals surface area contributed by atoms with Crippen molar-refractivity contribution in [2.75, 3.05) is 0 Å². The second kappa shape index (κ2) is 6.76. The Balaban J connectivity index is 2.44. The molecule has 0 bridgehead atoms. The summed E-state index contributed by atoms with van der Waals surface area (Å²) in [5.74, 6) is -0.214. The molecular formula is C19H15BrN2O2. The van der Waals surface area contributed by atoms with E-state index in [9.17, 15) is 10.3 Å². The Kier molecular flexibility index (Phi) is 4.53. The minimum absolute atomic E-state index is 0.0659. The van der Waals surface area contributed by atoms with Crippen LogP contribution in [0, 0.1) is 0 Å². The highest BCUT2D eigenvalue weighted by atomic mass is 79.9. The van der Waals surface area contributed by atoms with E-state index in [1.165, 1.54) is 0 Å². The molecule has 0 heterocycles. The molecular weight excluding hydrogens is 368 g/mol. The quantitative estimate of drug-likeness (QED) is 0.268. The summed E-state index contributed by atoms with van der Waals surface area (Å²) in [4.78, 5) is 0. The fourth-order valence-electron chi connectivity index (χ4n) is 2.69. The van der Waals surface area contributed by atoms with Crippen molar-refractivity contribution in [3.05, 3.63) is 76.8 Å². The zero-order chi connectivity index (χ0) is 17.1. The number of hydrogen-bond acceptors (Lipinski definition) is 3. The Morgan fingerprint density at radius 3 is 2.00 bits per heavy atom. The van der Waals surface area contributed by atoms with Crippen LogP contribution in [-0.4, -0.2) is 16.1 Å². The van der Waals surface area contributed by atoms with E-state index in [1.807, 2.05) is 66.7 Å². The van der Waals surface area contributed by atoms with Crippen molar-refractivity contribution in [3.8, 4) is 28.0 Å². The fourth-order valence-corrected chi connectivity index (χ4v) is 3.12. The third kappa shape index (κ3) is 2.86. The topological polar surface area (TPSA) is 78.8 Å². The Hall–Kier alpha value is -2.79. The summed E-state index contributed by atoms with van der Waals surface area (Å²) in [5.41, 5.74) is 9.56. The molecule has 0 spiro atoms. The first-order valence-electron chi connectivity index (χ1n) is 7.27. The van der Waals surface area contributed by atoms with Crippen LogP contribution in [0.4, 0.5) is 0 Å². The van der Waals surface area contributed by atoms with Gasteiger partial charge in [-0.3, -0.25) is 0 Å². The van der Waals surface area contributed by atoms with Crippen LogP contribution in [0.25, 0.3) is 22.3 Å². The zero-order valence-electron chi connectivity index (χ0n) is 12.6. The molecule has 0 aromatic heterocycles. The van der Waals surface area contributed by atoms with Crippen LogP contribution < -0.4 is 5.73 Å². The summed E-state index contributed by atoms with van der Waals surface area (Å²) >= 11 is 3.36. The van der Waals surface area contributed by atoms with Gasteiger partial charge in [-0.15, -0.1) is 0 Å². The molecule has 3 rings (SSSR count). The highest BCUT2D eigenvalue weighted by Crippen LogP contribution is 2.43. The largest absolute Gasteiger partial charge is 0.506 e. The fraction of sp³-hybridized carbons (Fsp3) is 0. The number of phenols is 1. The molecule has 3 aromatic rings. The smallest absolute Gasteiger partial charge is 0.174 e. The maximum absolute atomic E-state index is 10.5. The predicted molar refractivity (Wildman–Crippen MR) is 99.2 cm³/mol. The van der Waals surface area contributed by atoms with E-state index >= 15 is 0 Å². The monoisotopic (exact) mass is 382 g/mol. The number of aromatic hydroxyl groups is 1. The molecule has 0 atom stereocenters. The molecule has 120 valence electrons. The molecule has 0 aliphatic heterocycles. The number of amidine groups is 1. The van der Waals surface area contributed by atoms with Gasteiger partial charge in [-0.05, 0) is 38.7 Å². The summed E-state index contributed by atoms with van der Waals surface area (Å²) in [6.07, 6.45) is 0. The average molecular weight is 383 g/mol. The van der Waals surface area contributed by atoms with Gasteiger partial charge in [0.25, 0.3) is 0 Å². The van der Waals surface area contributed by atoms with Crippen molar-refractivity contribution in [2.45, 2.75) is 0 Å². The number of oxime groups is 1. The van der Waals surface area contributed by atoms with Crippen molar-refractivity contribution in [1.29, 1.82) is 0 Å². The molecule has 0 aliphatic rings. The van der Waals surface area contributed by atoms with E-state index in [1.54, 1.807) is 0 Å². The molecule has 5 heteroatoms. The van der Waals surface area contributed by atoms with Crippen molar-refractivity contribution in [2.24, 2.45) is 10.9 Å². The van der Waals surface area contributed by atoms with Crippen molar-refractivity contribution in [3.63, 3.8) is 0 Å². The van der Waals surface area contributed by atoms with Crippen LogP contribution in [0.5, 0.6) is 5.75 Å². The number of benzene rings is 3. The van der Waals surface area contributed by atoms with Crippen LogP contribution in [0.1, 0.15) is 5.56 Å². The highest BCUT2D eigenvalue weighted by Gasteiger charge is 2.21. The highest BCUT2D eigenvalue weighted by molar-refractivity contribution is 9.10. The van der Waals surface area contributed by atoms with Crippen LogP contribution in [0.2, 0.25) is 0 Å². The molecule has 3 aromatic carbocycles. The number of nitrogens with zero attached hydrogens (tertiary/aromatic N) is 1. The lowest BCUT2D eigenvalue weighted by Gasteiger charge is -2.17. The molecule has 0 unspecified atom stereocenters. The van der Waals surface area contributed by atoms with E-state index in [2.05, 4.69) is 21.1 Å². The van der Waals surface area contributed by atoms with Gasteiger partial charge in [-0.1, -0.05) is 65.8 Å². The Morgan fingerprint density at radius 1 is 0.917 bits per heavy atom. The van der Waals surface area contributed by atoms with Gasteiger partial charge in [0.15, 0.2) is 5.84 Å². The van der Waals surface area contributed by atoms with E-state index in [4.69, 9.17) is 5.73 Å². The van der Waals surface area contributed by atoms with Crippen LogP contribution in [-0.2, 0) is 0 Å². The summed E-state index contributed by atoms with van der Waals surface area (Å²) in [7, 11) is 0. The molecule has 4 nitrogen and oxygen atoms in total. The van der Waals surface area contributed by atoms with E-state index in [-0.39, 0.29) is 17.1 Å². The number of nitrogens with two attached hydrogens (primary N) is 1. The van der Waals surface area contributed by atoms with Gasteiger partial charge in [0.2, 0.25) is 0 Å². The van der Waals surface area contributed by atoms with Gasteiger partial charge in [0, 0.05) is 5.56 Å².